The van der Waals surface area contributed by atoms with Crippen LogP contribution in [0.3, 0.4) is 0 Å². The molecule has 1 unspecified atom stereocenters. The van der Waals surface area contributed by atoms with Crippen molar-refractivity contribution in [1.82, 2.24) is 10.5 Å². The Bertz CT molecular complexity index is 683. The molecule has 0 aliphatic carbocycles. The number of aromatic nitrogens is 1. The molecule has 1 aromatic carbocycles. The molecule has 1 aromatic heterocycles. The molecule has 24 heavy (non-hydrogen) atoms. The van der Waals surface area contributed by atoms with E-state index in [0.717, 1.165) is 24.8 Å². The van der Waals surface area contributed by atoms with E-state index in [1.807, 2.05) is 18.2 Å². The van der Waals surface area contributed by atoms with Crippen LogP contribution in [0.15, 0.2) is 34.9 Å². The Balaban J connectivity index is 1.46. The summed E-state index contributed by atoms with van der Waals surface area (Å²) in [6.45, 7) is 0.668. The average Bonchev–Trinajstić information content (AvgIpc) is 3.08. The number of nitrogens with one attached hydrogen (secondary N) is 1. The predicted octanol–water partition coefficient (Wildman–Crippen LogP) is 3.50. The largest absolute Gasteiger partial charge is 0.441 e. The minimum absolute atomic E-state index is 0.217. The second kappa shape index (κ2) is 8.28. The highest BCUT2D eigenvalue weighted by molar-refractivity contribution is 6.33. The number of carbonyl (C=O) groups is 1. The molecule has 0 spiro atoms. The van der Waals surface area contributed by atoms with Crippen molar-refractivity contribution < 1.29 is 18.8 Å². The van der Waals surface area contributed by atoms with Crippen molar-refractivity contribution in [3.63, 3.8) is 0 Å². The molecule has 1 saturated heterocycles. The van der Waals surface area contributed by atoms with Gasteiger partial charge >= 0.3 is 0 Å². The summed E-state index contributed by atoms with van der Waals surface area (Å²) < 4.78 is 11.0. The highest BCUT2D eigenvalue weighted by Gasteiger charge is 2.16. The summed E-state index contributed by atoms with van der Waals surface area (Å²) in [6.07, 6.45) is 4.73. The highest BCUT2D eigenvalue weighted by atomic mass is 35.5. The number of hydrogen-bond acceptors (Lipinski definition) is 5. The van der Waals surface area contributed by atoms with Gasteiger partial charge in [0.25, 0.3) is 0 Å². The summed E-state index contributed by atoms with van der Waals surface area (Å²) in [5.41, 5.74) is 3.19. The Labute approximate surface area is 145 Å². The lowest BCUT2D eigenvalue weighted by molar-refractivity contribution is -0.200. The summed E-state index contributed by atoms with van der Waals surface area (Å²) in [6, 6.07) is 7.37. The first-order chi connectivity index (χ1) is 11.7. The zero-order valence-electron chi connectivity index (χ0n) is 13.2. The summed E-state index contributed by atoms with van der Waals surface area (Å²) in [4.78, 5) is 21.2. The molecular weight excluding hydrogens is 332 g/mol. The molecule has 2 heterocycles. The van der Waals surface area contributed by atoms with Crippen LogP contribution in [-0.4, -0.2) is 23.8 Å². The van der Waals surface area contributed by atoms with E-state index in [9.17, 15) is 4.79 Å². The molecule has 1 aliphatic heterocycles. The van der Waals surface area contributed by atoms with Crippen LogP contribution < -0.4 is 5.48 Å². The van der Waals surface area contributed by atoms with E-state index in [-0.39, 0.29) is 18.6 Å². The third-order valence-electron chi connectivity index (χ3n) is 3.70. The van der Waals surface area contributed by atoms with Crippen molar-refractivity contribution >= 4 is 17.5 Å². The Morgan fingerprint density at radius 1 is 1.38 bits per heavy atom. The minimum atomic E-state index is -0.351. The van der Waals surface area contributed by atoms with Gasteiger partial charge in [-0.25, -0.2) is 15.3 Å². The minimum Gasteiger partial charge on any atom is -0.441 e. The van der Waals surface area contributed by atoms with E-state index in [2.05, 4.69) is 10.5 Å². The Kier molecular flexibility index (Phi) is 5.85. The lowest BCUT2D eigenvalue weighted by Crippen LogP contribution is -2.33. The fourth-order valence-electron chi connectivity index (χ4n) is 2.42. The van der Waals surface area contributed by atoms with Crippen molar-refractivity contribution in [2.75, 3.05) is 6.61 Å². The number of oxazole rings is 1. The van der Waals surface area contributed by atoms with Gasteiger partial charge in [0.2, 0.25) is 5.91 Å². The van der Waals surface area contributed by atoms with Crippen LogP contribution in [0, 0.1) is 0 Å². The second-order valence-corrected chi connectivity index (χ2v) is 5.94. The predicted molar refractivity (Wildman–Crippen MR) is 88.1 cm³/mol. The van der Waals surface area contributed by atoms with Crippen LogP contribution in [0.4, 0.5) is 0 Å². The molecule has 1 amide bonds. The highest BCUT2D eigenvalue weighted by Crippen LogP contribution is 2.28. The molecule has 0 bridgehead atoms. The topological polar surface area (TPSA) is 73.6 Å². The molecule has 1 aliphatic rings. The zero-order chi connectivity index (χ0) is 16.8. The molecule has 1 atom stereocenters. The molecule has 3 rings (SSSR count). The number of nitrogens with zero attached hydrogens (tertiary/aromatic N) is 1. The van der Waals surface area contributed by atoms with Gasteiger partial charge in [0.05, 0.1) is 11.2 Å². The van der Waals surface area contributed by atoms with Crippen molar-refractivity contribution in [2.45, 2.75) is 38.4 Å². The molecular formula is C17H19ClN2O4. The van der Waals surface area contributed by atoms with Gasteiger partial charge in [-0.05, 0) is 25.0 Å². The summed E-state index contributed by atoms with van der Waals surface area (Å²) in [5.74, 6) is 0.832. The smallest absolute Gasteiger partial charge is 0.244 e. The number of halogens is 1. The van der Waals surface area contributed by atoms with Gasteiger partial charge in [-0.2, -0.15) is 0 Å². The van der Waals surface area contributed by atoms with Crippen LogP contribution in [-0.2, 0) is 20.8 Å². The first-order valence-corrected chi connectivity index (χ1v) is 8.36. The second-order valence-electron chi connectivity index (χ2n) is 5.54. The third-order valence-corrected chi connectivity index (χ3v) is 4.03. The van der Waals surface area contributed by atoms with Gasteiger partial charge in [0, 0.05) is 31.4 Å². The number of ether oxygens (including phenoxy) is 1. The van der Waals surface area contributed by atoms with Crippen molar-refractivity contribution in [2.24, 2.45) is 0 Å². The molecule has 0 radical (unpaired) electrons. The van der Waals surface area contributed by atoms with E-state index in [4.69, 9.17) is 25.6 Å². The molecule has 7 heteroatoms. The van der Waals surface area contributed by atoms with Crippen molar-refractivity contribution in [3.8, 4) is 11.3 Å². The first kappa shape index (κ1) is 17.0. The molecule has 0 saturated carbocycles. The van der Waals surface area contributed by atoms with Gasteiger partial charge in [0.1, 0.15) is 0 Å². The molecule has 128 valence electrons. The first-order valence-electron chi connectivity index (χ1n) is 7.98. The Morgan fingerprint density at radius 2 is 2.25 bits per heavy atom. The van der Waals surface area contributed by atoms with E-state index in [1.165, 1.54) is 0 Å². The molecule has 1 fully saturated rings. The summed E-state index contributed by atoms with van der Waals surface area (Å²) in [7, 11) is 0. The number of hydroxylamine groups is 1. The number of amides is 1. The maximum absolute atomic E-state index is 11.8. The number of benzene rings is 1. The number of aryl methyl sites for hydroxylation is 1. The lowest BCUT2D eigenvalue weighted by atomic mass is 10.2. The van der Waals surface area contributed by atoms with Crippen molar-refractivity contribution in [3.05, 3.63) is 41.4 Å². The normalized spacial score (nSPS) is 17.6. The van der Waals surface area contributed by atoms with E-state index < -0.39 is 0 Å². The van der Waals surface area contributed by atoms with Gasteiger partial charge in [0.15, 0.2) is 17.9 Å². The number of rotatable bonds is 6. The van der Waals surface area contributed by atoms with Gasteiger partial charge in [-0.3, -0.25) is 4.79 Å². The van der Waals surface area contributed by atoms with Crippen LogP contribution in [0.1, 0.15) is 31.6 Å². The van der Waals surface area contributed by atoms with Crippen LogP contribution in [0.25, 0.3) is 11.3 Å². The molecule has 6 nitrogen and oxygen atoms in total. The lowest BCUT2D eigenvalue weighted by Gasteiger charge is -2.21. The molecule has 1 N–H and O–H groups in total. The Morgan fingerprint density at radius 3 is 3.04 bits per heavy atom. The maximum atomic E-state index is 11.8. The average molecular weight is 351 g/mol. The van der Waals surface area contributed by atoms with Crippen LogP contribution in [0.2, 0.25) is 5.02 Å². The fraction of sp³-hybridized carbons (Fsp3) is 0.412. The van der Waals surface area contributed by atoms with Gasteiger partial charge in [-0.15, -0.1) is 0 Å². The summed E-state index contributed by atoms with van der Waals surface area (Å²) in [5, 5.41) is 0.596. The van der Waals surface area contributed by atoms with E-state index >= 15 is 0 Å². The van der Waals surface area contributed by atoms with E-state index in [1.54, 1.807) is 12.3 Å². The fourth-order valence-corrected chi connectivity index (χ4v) is 2.65. The third kappa shape index (κ3) is 4.56. The maximum Gasteiger partial charge on any atom is 0.244 e. The Hall–Kier alpha value is -1.89. The SMILES string of the molecule is O=C(CCc1ncc(-c2ccccc2Cl)o1)NOC1CCCCO1. The van der Waals surface area contributed by atoms with Crippen LogP contribution >= 0.6 is 11.6 Å². The quantitative estimate of drug-likeness (QED) is 0.807. The monoisotopic (exact) mass is 350 g/mol. The number of carbonyl (C=O) groups excluding carboxylic acids is 1. The zero-order valence-corrected chi connectivity index (χ0v) is 13.9. The summed E-state index contributed by atoms with van der Waals surface area (Å²) >= 11 is 6.13. The number of hydrogen-bond donors (Lipinski definition) is 1. The molecule has 2 aromatic rings. The van der Waals surface area contributed by atoms with Gasteiger partial charge in [-0.1, -0.05) is 23.7 Å². The van der Waals surface area contributed by atoms with Gasteiger partial charge < -0.3 is 9.15 Å². The van der Waals surface area contributed by atoms with Crippen molar-refractivity contribution in [1.29, 1.82) is 0 Å². The van der Waals surface area contributed by atoms with Crippen LogP contribution in [0.5, 0.6) is 0 Å². The van der Waals surface area contributed by atoms with E-state index in [0.29, 0.717) is 29.7 Å². The standard InChI is InChI=1S/C17H19ClN2O4/c18-13-6-2-1-5-12(13)14-11-19-16(23-14)9-8-15(21)20-24-17-7-3-4-10-22-17/h1-2,5-6,11,17H,3-4,7-10H2,(H,20,21).